The van der Waals surface area contributed by atoms with Crippen molar-refractivity contribution in [3.8, 4) is 0 Å². The van der Waals surface area contributed by atoms with E-state index in [0.717, 1.165) is 18.4 Å². The minimum Gasteiger partial charge on any atom is -0.326 e. The number of hydrogen-bond acceptors (Lipinski definition) is 4. The second-order valence-corrected chi connectivity index (χ2v) is 9.26. The van der Waals surface area contributed by atoms with Crippen molar-refractivity contribution in [2.75, 3.05) is 21.5 Å². The van der Waals surface area contributed by atoms with E-state index in [1.807, 2.05) is 24.3 Å². The fourth-order valence-electron chi connectivity index (χ4n) is 3.72. The van der Waals surface area contributed by atoms with Gasteiger partial charge in [0.1, 0.15) is 0 Å². The normalized spacial score (nSPS) is 13.2. The lowest BCUT2D eigenvalue weighted by Crippen LogP contribution is -2.35. The molecule has 3 aromatic rings. The number of hydrogen-bond donors (Lipinski definition) is 2. The van der Waals surface area contributed by atoms with E-state index in [4.69, 9.17) is 0 Å². The van der Waals surface area contributed by atoms with Crippen molar-refractivity contribution in [3.63, 3.8) is 0 Å². The maximum absolute atomic E-state index is 13.0. The molecule has 0 saturated heterocycles. The molecule has 0 unspecified atom stereocenters. The molecule has 0 bridgehead atoms. The Morgan fingerprint density at radius 2 is 1.59 bits per heavy atom. The van der Waals surface area contributed by atoms with Crippen LogP contribution < -0.4 is 14.9 Å². The van der Waals surface area contributed by atoms with Crippen LogP contribution in [0.5, 0.6) is 0 Å². The van der Waals surface area contributed by atoms with Crippen molar-refractivity contribution in [1.29, 1.82) is 0 Å². The van der Waals surface area contributed by atoms with E-state index in [0.29, 0.717) is 29.2 Å². The van der Waals surface area contributed by atoms with Gasteiger partial charge in [-0.15, -0.1) is 0 Å². The van der Waals surface area contributed by atoms with Gasteiger partial charge in [-0.2, -0.15) is 0 Å². The maximum Gasteiger partial charge on any atom is 0.261 e. The SMILES string of the molecule is CC(=O)Nc1ccc(S(=O)(=O)Nc2ccc3c(c2)N(C(=O)c2ccccc2)CCC3)cc1. The van der Waals surface area contributed by atoms with Crippen LogP contribution in [0.2, 0.25) is 0 Å². The van der Waals surface area contributed by atoms with Crippen molar-refractivity contribution < 1.29 is 18.0 Å². The van der Waals surface area contributed by atoms with Gasteiger partial charge in [0.25, 0.3) is 15.9 Å². The summed E-state index contributed by atoms with van der Waals surface area (Å²) >= 11 is 0. The van der Waals surface area contributed by atoms with Crippen LogP contribution in [-0.4, -0.2) is 26.8 Å². The number of rotatable bonds is 5. The number of aryl methyl sites for hydroxylation is 1. The minimum atomic E-state index is -3.84. The van der Waals surface area contributed by atoms with Crippen LogP contribution in [0.15, 0.2) is 77.7 Å². The van der Waals surface area contributed by atoms with Crippen LogP contribution >= 0.6 is 0 Å². The number of sulfonamides is 1. The summed E-state index contributed by atoms with van der Waals surface area (Å²) in [6.07, 6.45) is 1.67. The van der Waals surface area contributed by atoms with Gasteiger partial charge in [0.2, 0.25) is 5.91 Å². The zero-order valence-electron chi connectivity index (χ0n) is 17.5. The second kappa shape index (κ2) is 8.84. The van der Waals surface area contributed by atoms with E-state index >= 15 is 0 Å². The van der Waals surface area contributed by atoms with Crippen LogP contribution in [0.25, 0.3) is 0 Å². The Bertz CT molecular complexity index is 1260. The average molecular weight is 450 g/mol. The summed E-state index contributed by atoms with van der Waals surface area (Å²) < 4.78 is 28.3. The largest absolute Gasteiger partial charge is 0.326 e. The summed E-state index contributed by atoms with van der Waals surface area (Å²) in [4.78, 5) is 26.0. The van der Waals surface area contributed by atoms with Gasteiger partial charge >= 0.3 is 0 Å². The Labute approximate surface area is 187 Å². The first-order valence-electron chi connectivity index (χ1n) is 10.2. The Hall–Kier alpha value is -3.65. The van der Waals surface area contributed by atoms with Gasteiger partial charge in [0.05, 0.1) is 10.6 Å². The molecule has 4 rings (SSSR count). The Morgan fingerprint density at radius 1 is 0.906 bits per heavy atom. The van der Waals surface area contributed by atoms with Crippen LogP contribution in [0, 0.1) is 0 Å². The van der Waals surface area contributed by atoms with Gasteiger partial charge in [-0.1, -0.05) is 24.3 Å². The van der Waals surface area contributed by atoms with Crippen LogP contribution in [0.3, 0.4) is 0 Å². The molecule has 0 aromatic heterocycles. The molecule has 1 aliphatic heterocycles. The molecule has 2 amide bonds. The molecule has 1 heterocycles. The quantitative estimate of drug-likeness (QED) is 0.615. The minimum absolute atomic E-state index is 0.0709. The fourth-order valence-corrected chi connectivity index (χ4v) is 4.77. The highest BCUT2D eigenvalue weighted by Crippen LogP contribution is 2.32. The van der Waals surface area contributed by atoms with E-state index < -0.39 is 10.0 Å². The molecule has 164 valence electrons. The van der Waals surface area contributed by atoms with Crippen LogP contribution in [0.1, 0.15) is 29.3 Å². The predicted molar refractivity (Wildman–Crippen MR) is 124 cm³/mol. The van der Waals surface area contributed by atoms with E-state index in [2.05, 4.69) is 10.0 Å². The fraction of sp³-hybridized carbons (Fsp3) is 0.167. The van der Waals surface area contributed by atoms with Gasteiger partial charge in [0.15, 0.2) is 0 Å². The molecular formula is C24H23N3O4S. The lowest BCUT2D eigenvalue weighted by Gasteiger charge is -2.30. The average Bonchev–Trinajstić information content (AvgIpc) is 2.78. The lowest BCUT2D eigenvalue weighted by atomic mass is 10.00. The Balaban J connectivity index is 1.59. The number of amides is 2. The maximum atomic E-state index is 13.0. The van der Waals surface area contributed by atoms with Crippen molar-refractivity contribution in [2.45, 2.75) is 24.7 Å². The smallest absolute Gasteiger partial charge is 0.261 e. The molecule has 8 heteroatoms. The highest BCUT2D eigenvalue weighted by molar-refractivity contribution is 7.92. The third kappa shape index (κ3) is 4.65. The molecule has 0 saturated carbocycles. The summed E-state index contributed by atoms with van der Waals surface area (Å²) in [5.74, 6) is -0.345. The number of carbonyl (C=O) groups excluding carboxylic acids is 2. The third-order valence-electron chi connectivity index (χ3n) is 5.21. The van der Waals surface area contributed by atoms with Crippen molar-refractivity contribution >= 4 is 38.9 Å². The van der Waals surface area contributed by atoms with Crippen LogP contribution in [0.4, 0.5) is 17.1 Å². The van der Waals surface area contributed by atoms with Crippen molar-refractivity contribution in [1.82, 2.24) is 0 Å². The van der Waals surface area contributed by atoms with Gasteiger partial charge in [-0.3, -0.25) is 14.3 Å². The Morgan fingerprint density at radius 3 is 2.28 bits per heavy atom. The van der Waals surface area contributed by atoms with E-state index in [9.17, 15) is 18.0 Å². The summed E-state index contributed by atoms with van der Waals surface area (Å²) in [5.41, 5.74) is 3.20. The zero-order valence-corrected chi connectivity index (χ0v) is 18.4. The lowest BCUT2D eigenvalue weighted by molar-refractivity contribution is -0.114. The van der Waals surface area contributed by atoms with Gasteiger partial charge < -0.3 is 10.2 Å². The first-order chi connectivity index (χ1) is 15.3. The molecule has 32 heavy (non-hydrogen) atoms. The van der Waals surface area contributed by atoms with E-state index in [1.165, 1.54) is 31.2 Å². The van der Waals surface area contributed by atoms with Crippen molar-refractivity contribution in [3.05, 3.63) is 83.9 Å². The van der Waals surface area contributed by atoms with Gasteiger partial charge in [-0.05, 0) is 66.9 Å². The molecule has 0 atom stereocenters. The van der Waals surface area contributed by atoms with E-state index in [-0.39, 0.29) is 16.7 Å². The number of nitrogens with one attached hydrogen (secondary N) is 2. The van der Waals surface area contributed by atoms with Crippen LogP contribution in [-0.2, 0) is 21.2 Å². The molecule has 0 aliphatic carbocycles. The molecular weight excluding hydrogens is 426 g/mol. The third-order valence-corrected chi connectivity index (χ3v) is 6.60. The first-order valence-corrected chi connectivity index (χ1v) is 11.7. The standard InChI is InChI=1S/C24H23N3O4S/c1-17(28)25-20-11-13-22(14-12-20)32(30,31)26-21-10-9-18-8-5-15-27(23(18)16-21)24(29)19-6-3-2-4-7-19/h2-4,6-7,9-14,16,26H,5,8,15H2,1H3,(H,25,28). The highest BCUT2D eigenvalue weighted by Gasteiger charge is 2.24. The monoisotopic (exact) mass is 449 g/mol. The number of benzene rings is 3. The molecule has 3 aromatic carbocycles. The predicted octanol–water partition coefficient (Wildman–Crippen LogP) is 4.04. The summed E-state index contributed by atoms with van der Waals surface area (Å²) in [6, 6.07) is 20.2. The summed E-state index contributed by atoms with van der Waals surface area (Å²) in [5, 5.41) is 2.60. The second-order valence-electron chi connectivity index (χ2n) is 7.58. The number of nitrogens with zero attached hydrogens (tertiary/aromatic N) is 1. The first kappa shape index (κ1) is 21.6. The summed E-state index contributed by atoms with van der Waals surface area (Å²) in [7, 11) is -3.84. The molecule has 0 fully saturated rings. The topological polar surface area (TPSA) is 95.6 Å². The molecule has 7 nitrogen and oxygen atoms in total. The molecule has 0 spiro atoms. The zero-order chi connectivity index (χ0) is 22.7. The summed E-state index contributed by atoms with van der Waals surface area (Å²) in [6.45, 7) is 1.95. The molecule has 0 radical (unpaired) electrons. The number of fused-ring (bicyclic) bond motifs is 1. The molecule has 2 N–H and O–H groups in total. The molecule has 1 aliphatic rings. The van der Waals surface area contributed by atoms with Gasteiger partial charge in [0, 0.05) is 30.4 Å². The van der Waals surface area contributed by atoms with Gasteiger partial charge in [-0.25, -0.2) is 8.42 Å². The van der Waals surface area contributed by atoms with E-state index in [1.54, 1.807) is 29.2 Å². The van der Waals surface area contributed by atoms with Crippen molar-refractivity contribution in [2.24, 2.45) is 0 Å². The highest BCUT2D eigenvalue weighted by atomic mass is 32.2. The number of carbonyl (C=O) groups is 2. The Kier molecular flexibility index (Phi) is 5.96. The number of anilines is 3.